The van der Waals surface area contributed by atoms with Crippen LogP contribution in [0.4, 0.5) is 5.69 Å². The molecule has 3 aromatic heterocycles. The number of rotatable bonds is 7. The van der Waals surface area contributed by atoms with E-state index in [4.69, 9.17) is 10.1 Å². The van der Waals surface area contributed by atoms with Gasteiger partial charge in [-0.3, -0.25) is 14.5 Å². The fraction of sp³-hybridized carbons (Fsp3) is 0.407. The zero-order valence-electron chi connectivity index (χ0n) is 19.7. The van der Waals surface area contributed by atoms with E-state index in [1.807, 2.05) is 11.4 Å². The van der Waals surface area contributed by atoms with Crippen molar-refractivity contribution in [3.8, 4) is 21.8 Å². The normalized spacial score (nSPS) is 16.9. The van der Waals surface area contributed by atoms with E-state index in [9.17, 15) is 4.79 Å². The third-order valence-electron chi connectivity index (χ3n) is 7.22. The number of piperidine rings is 1. The van der Waals surface area contributed by atoms with Crippen LogP contribution >= 0.6 is 11.3 Å². The van der Waals surface area contributed by atoms with Crippen molar-refractivity contribution in [2.75, 3.05) is 18.4 Å². The number of nitrogens with one attached hydrogen (secondary N) is 2. The van der Waals surface area contributed by atoms with E-state index < -0.39 is 0 Å². The summed E-state index contributed by atoms with van der Waals surface area (Å²) in [5.74, 6) is 1.35. The molecule has 35 heavy (non-hydrogen) atoms. The molecule has 4 heterocycles. The van der Waals surface area contributed by atoms with Crippen LogP contribution in [0, 0.1) is 11.8 Å². The molecule has 1 aromatic carbocycles. The smallest absolute Gasteiger partial charge is 0.224 e. The summed E-state index contributed by atoms with van der Waals surface area (Å²) in [5, 5.41) is 14.4. The summed E-state index contributed by atoms with van der Waals surface area (Å²) in [6.45, 7) is 3.17. The van der Waals surface area contributed by atoms with E-state index in [2.05, 4.69) is 44.7 Å². The molecule has 180 valence electrons. The number of carbonyl (C=O) groups is 1. The van der Waals surface area contributed by atoms with Gasteiger partial charge in [-0.25, -0.2) is 4.98 Å². The van der Waals surface area contributed by atoms with Gasteiger partial charge in [0.15, 0.2) is 0 Å². The molecular weight excluding hydrogens is 456 g/mol. The van der Waals surface area contributed by atoms with E-state index >= 15 is 0 Å². The summed E-state index contributed by atoms with van der Waals surface area (Å²) in [5.41, 5.74) is 4.45. The van der Waals surface area contributed by atoms with Crippen molar-refractivity contribution in [1.29, 1.82) is 0 Å². The molecule has 4 aromatic rings. The molecule has 2 N–H and O–H groups in total. The molecule has 0 radical (unpaired) electrons. The number of benzene rings is 1. The van der Waals surface area contributed by atoms with Gasteiger partial charge in [-0.2, -0.15) is 5.10 Å². The Labute approximate surface area is 209 Å². The van der Waals surface area contributed by atoms with Crippen LogP contribution in [-0.2, 0) is 11.3 Å². The second-order valence-electron chi connectivity index (χ2n) is 9.86. The number of fused-ring (bicyclic) bond motifs is 1. The van der Waals surface area contributed by atoms with Gasteiger partial charge in [0, 0.05) is 35.5 Å². The van der Waals surface area contributed by atoms with Gasteiger partial charge in [0.05, 0.1) is 39.9 Å². The molecule has 1 aliphatic carbocycles. The van der Waals surface area contributed by atoms with Crippen LogP contribution in [0.1, 0.15) is 38.5 Å². The van der Waals surface area contributed by atoms with Crippen molar-refractivity contribution in [3.05, 3.63) is 48.2 Å². The van der Waals surface area contributed by atoms with E-state index in [1.54, 1.807) is 23.7 Å². The van der Waals surface area contributed by atoms with Crippen LogP contribution in [0.5, 0.6) is 0 Å². The monoisotopic (exact) mass is 486 g/mol. The zero-order chi connectivity index (χ0) is 23.6. The fourth-order valence-corrected chi connectivity index (χ4v) is 5.77. The molecule has 0 atom stereocenters. The lowest BCUT2D eigenvalue weighted by molar-refractivity contribution is -0.117. The lowest BCUT2D eigenvalue weighted by Crippen LogP contribution is -2.29. The lowest BCUT2D eigenvalue weighted by Gasteiger charge is -2.24. The number of hydrogen-bond donors (Lipinski definition) is 2. The van der Waals surface area contributed by atoms with Crippen molar-refractivity contribution in [2.45, 2.75) is 45.1 Å². The molecule has 1 saturated carbocycles. The van der Waals surface area contributed by atoms with Gasteiger partial charge in [0.1, 0.15) is 0 Å². The van der Waals surface area contributed by atoms with Gasteiger partial charge in [-0.15, -0.1) is 11.3 Å². The predicted molar refractivity (Wildman–Crippen MR) is 140 cm³/mol. The van der Waals surface area contributed by atoms with Gasteiger partial charge >= 0.3 is 0 Å². The van der Waals surface area contributed by atoms with E-state index in [0.29, 0.717) is 18.3 Å². The first kappa shape index (κ1) is 22.4. The SMILES string of the molecule is O=C(CC1CCC1)Nc1csc(-c2cncc(-c3ccc4cn(CC5CCNCC5)nc4c3)n2)c1. The van der Waals surface area contributed by atoms with Crippen LogP contribution < -0.4 is 10.6 Å². The maximum absolute atomic E-state index is 12.3. The highest BCUT2D eigenvalue weighted by atomic mass is 32.1. The van der Waals surface area contributed by atoms with E-state index in [0.717, 1.165) is 58.1 Å². The average Bonchev–Trinajstić information content (AvgIpc) is 3.48. The predicted octanol–water partition coefficient (Wildman–Crippen LogP) is 5.35. The highest BCUT2D eigenvalue weighted by Crippen LogP contribution is 2.32. The lowest BCUT2D eigenvalue weighted by atomic mass is 9.83. The highest BCUT2D eigenvalue weighted by Gasteiger charge is 2.21. The molecule has 1 amide bonds. The molecule has 2 fully saturated rings. The first-order valence-electron chi connectivity index (χ1n) is 12.6. The van der Waals surface area contributed by atoms with Crippen molar-refractivity contribution in [3.63, 3.8) is 0 Å². The van der Waals surface area contributed by atoms with Gasteiger partial charge in [-0.05, 0) is 62.7 Å². The maximum Gasteiger partial charge on any atom is 0.224 e. The molecule has 8 heteroatoms. The third-order valence-corrected chi connectivity index (χ3v) is 8.18. The summed E-state index contributed by atoms with van der Waals surface area (Å²) in [6, 6.07) is 8.30. The minimum Gasteiger partial charge on any atom is -0.325 e. The molecular formula is C27H30N6OS. The number of amides is 1. The topological polar surface area (TPSA) is 84.7 Å². The summed E-state index contributed by atoms with van der Waals surface area (Å²) in [7, 11) is 0. The third kappa shape index (κ3) is 5.13. The molecule has 1 saturated heterocycles. The van der Waals surface area contributed by atoms with E-state index in [1.165, 1.54) is 32.1 Å². The first-order chi connectivity index (χ1) is 17.2. The van der Waals surface area contributed by atoms with Crippen molar-refractivity contribution in [1.82, 2.24) is 25.1 Å². The molecule has 2 aliphatic rings. The molecule has 7 nitrogen and oxygen atoms in total. The quantitative estimate of drug-likeness (QED) is 0.368. The zero-order valence-corrected chi connectivity index (χ0v) is 20.6. The summed E-state index contributed by atoms with van der Waals surface area (Å²) in [6.07, 6.45) is 12.4. The average molecular weight is 487 g/mol. The van der Waals surface area contributed by atoms with Gasteiger partial charge in [0.25, 0.3) is 0 Å². The fourth-order valence-electron chi connectivity index (χ4n) is 4.98. The summed E-state index contributed by atoms with van der Waals surface area (Å²) >= 11 is 1.57. The number of carbonyl (C=O) groups excluding carboxylic acids is 1. The molecule has 0 bridgehead atoms. The Morgan fingerprint density at radius 1 is 1.09 bits per heavy atom. The van der Waals surface area contributed by atoms with Gasteiger partial charge in [0.2, 0.25) is 5.91 Å². The Bertz CT molecular complexity index is 1330. The number of thiophene rings is 1. The largest absolute Gasteiger partial charge is 0.325 e. The minimum absolute atomic E-state index is 0.103. The molecule has 0 unspecified atom stereocenters. The van der Waals surface area contributed by atoms with E-state index in [-0.39, 0.29) is 5.91 Å². The molecule has 6 rings (SSSR count). The standard InChI is InChI=1S/C27H30N6OS/c34-27(10-18-2-1-3-18)30-22-12-26(35-17-22)25-14-29-13-24(31-25)20-4-5-21-16-33(32-23(21)11-20)15-19-6-8-28-9-7-19/h4-5,11-14,16-19,28H,1-3,6-10,15H2,(H,30,34). The van der Waals surface area contributed by atoms with Crippen molar-refractivity contribution in [2.24, 2.45) is 11.8 Å². The second-order valence-corrected chi connectivity index (χ2v) is 10.8. The number of hydrogen-bond acceptors (Lipinski definition) is 6. The molecule has 1 aliphatic heterocycles. The van der Waals surface area contributed by atoms with Crippen LogP contribution in [0.25, 0.3) is 32.7 Å². The second kappa shape index (κ2) is 9.87. The Morgan fingerprint density at radius 2 is 1.94 bits per heavy atom. The molecule has 0 spiro atoms. The van der Waals surface area contributed by atoms with Crippen molar-refractivity contribution >= 4 is 33.8 Å². The Hall–Kier alpha value is -3.10. The Kier molecular flexibility index (Phi) is 6.31. The van der Waals surface area contributed by atoms with Crippen LogP contribution in [-0.4, -0.2) is 38.7 Å². The number of anilines is 1. The summed E-state index contributed by atoms with van der Waals surface area (Å²) in [4.78, 5) is 22.6. The highest BCUT2D eigenvalue weighted by molar-refractivity contribution is 7.14. The van der Waals surface area contributed by atoms with Gasteiger partial charge in [-0.1, -0.05) is 18.6 Å². The maximum atomic E-state index is 12.3. The minimum atomic E-state index is 0.103. The van der Waals surface area contributed by atoms with Crippen LogP contribution in [0.15, 0.2) is 48.2 Å². The van der Waals surface area contributed by atoms with Crippen LogP contribution in [0.3, 0.4) is 0 Å². The Morgan fingerprint density at radius 3 is 2.77 bits per heavy atom. The van der Waals surface area contributed by atoms with Gasteiger partial charge < -0.3 is 10.6 Å². The van der Waals surface area contributed by atoms with Crippen molar-refractivity contribution < 1.29 is 4.79 Å². The Balaban J connectivity index is 1.17. The van der Waals surface area contributed by atoms with Crippen LogP contribution in [0.2, 0.25) is 0 Å². The first-order valence-corrected chi connectivity index (χ1v) is 13.5. The number of aromatic nitrogens is 4. The summed E-state index contributed by atoms with van der Waals surface area (Å²) < 4.78 is 2.10. The number of nitrogens with zero attached hydrogens (tertiary/aromatic N) is 4.